The number of thiocarbonyl (C=S) groups is 1. The molecule has 7 heteroatoms. The minimum atomic E-state index is -0.299. The number of nitrogens with one attached hydrogen (secondary N) is 1. The van der Waals surface area contributed by atoms with Crippen LogP contribution >= 0.6 is 12.2 Å². The molecule has 1 aliphatic rings. The summed E-state index contributed by atoms with van der Waals surface area (Å²) in [6.45, 7) is 3.94. The minimum absolute atomic E-state index is 0.135. The molecule has 1 aliphatic heterocycles. The number of rotatable bonds is 4. The zero-order chi connectivity index (χ0) is 23.1. The number of para-hydroxylation sites is 3. The fourth-order valence-corrected chi connectivity index (χ4v) is 5.03. The molecular weight excluding hydrogens is 435 g/mol. The van der Waals surface area contributed by atoms with Crippen LogP contribution in [0.15, 0.2) is 79.0 Å². The van der Waals surface area contributed by atoms with Gasteiger partial charge in [0.2, 0.25) is 0 Å². The second-order valence-electron chi connectivity index (χ2n) is 8.10. The van der Waals surface area contributed by atoms with Gasteiger partial charge in [-0.15, -0.1) is 0 Å². The van der Waals surface area contributed by atoms with E-state index >= 15 is 0 Å². The van der Waals surface area contributed by atoms with Crippen LogP contribution in [0.25, 0.3) is 5.69 Å². The number of aryl methyl sites for hydroxylation is 1. The maximum Gasteiger partial charge on any atom is 0.174 e. The summed E-state index contributed by atoms with van der Waals surface area (Å²) in [7, 11) is 0. The number of aromatic hydroxyl groups is 1. The molecule has 0 spiro atoms. The molecule has 1 fully saturated rings. The average molecular weight is 459 g/mol. The SMILES string of the molecule is Cc1cc(C2C(c3ccccn3)NC(=S)N2c2ccccc2O)c(C)n1-c1ccccc1F. The second-order valence-corrected chi connectivity index (χ2v) is 8.49. The third-order valence-electron chi connectivity index (χ3n) is 6.12. The van der Waals surface area contributed by atoms with Gasteiger partial charge in [0, 0.05) is 17.6 Å². The zero-order valence-corrected chi connectivity index (χ0v) is 19.1. The molecule has 166 valence electrons. The Kier molecular flexibility index (Phi) is 5.34. The predicted octanol–water partition coefficient (Wildman–Crippen LogP) is 5.51. The van der Waals surface area contributed by atoms with Crippen LogP contribution in [0.1, 0.15) is 34.7 Å². The van der Waals surface area contributed by atoms with Crippen LogP contribution in [0, 0.1) is 19.7 Å². The van der Waals surface area contributed by atoms with Gasteiger partial charge in [0.05, 0.1) is 29.2 Å². The van der Waals surface area contributed by atoms with Crippen molar-refractivity contribution in [2.24, 2.45) is 0 Å². The minimum Gasteiger partial charge on any atom is -0.506 e. The third kappa shape index (κ3) is 3.54. The number of aromatic nitrogens is 2. The normalized spacial score (nSPS) is 17.9. The van der Waals surface area contributed by atoms with Crippen molar-refractivity contribution in [2.45, 2.75) is 25.9 Å². The molecule has 5 rings (SSSR count). The van der Waals surface area contributed by atoms with E-state index in [9.17, 15) is 9.50 Å². The molecule has 0 aliphatic carbocycles. The topological polar surface area (TPSA) is 53.3 Å². The number of nitrogens with zero attached hydrogens (tertiary/aromatic N) is 3. The largest absolute Gasteiger partial charge is 0.506 e. The van der Waals surface area contributed by atoms with E-state index in [1.54, 1.807) is 30.5 Å². The van der Waals surface area contributed by atoms with E-state index in [4.69, 9.17) is 12.2 Å². The maximum absolute atomic E-state index is 14.7. The summed E-state index contributed by atoms with van der Waals surface area (Å²) in [6, 6.07) is 21.2. The summed E-state index contributed by atoms with van der Waals surface area (Å²) in [5, 5.41) is 14.5. The van der Waals surface area contributed by atoms with Crippen molar-refractivity contribution in [1.29, 1.82) is 0 Å². The molecule has 5 nitrogen and oxygen atoms in total. The van der Waals surface area contributed by atoms with E-state index in [2.05, 4.69) is 16.4 Å². The van der Waals surface area contributed by atoms with E-state index in [1.807, 2.05) is 59.7 Å². The molecule has 2 aromatic heterocycles. The van der Waals surface area contributed by atoms with Crippen LogP contribution in [-0.2, 0) is 0 Å². The molecule has 2 N–H and O–H groups in total. The highest BCUT2D eigenvalue weighted by Crippen LogP contribution is 2.45. The van der Waals surface area contributed by atoms with Crippen LogP contribution in [0.2, 0.25) is 0 Å². The highest BCUT2D eigenvalue weighted by molar-refractivity contribution is 7.80. The quantitative estimate of drug-likeness (QED) is 0.395. The van der Waals surface area contributed by atoms with Crippen molar-refractivity contribution in [3.8, 4) is 11.4 Å². The standard InChI is InChI=1S/C26H23FN4OS/c1-16-15-18(17(2)30(16)21-11-4-3-9-19(21)27)25-24(20-10-7-8-14-28-20)29-26(33)31(25)22-12-5-6-13-23(22)32/h3-15,24-25,32H,1-2H3,(H,29,33). The fraction of sp³-hybridized carbons (Fsp3) is 0.154. The Morgan fingerprint density at radius 1 is 0.970 bits per heavy atom. The summed E-state index contributed by atoms with van der Waals surface area (Å²) in [4.78, 5) is 6.50. The summed E-state index contributed by atoms with van der Waals surface area (Å²) in [5.74, 6) is -0.152. The predicted molar refractivity (Wildman–Crippen MR) is 131 cm³/mol. The van der Waals surface area contributed by atoms with E-state index in [-0.39, 0.29) is 23.7 Å². The Bertz CT molecular complexity index is 1340. The lowest BCUT2D eigenvalue weighted by Crippen LogP contribution is -2.29. The molecule has 0 saturated carbocycles. The van der Waals surface area contributed by atoms with Crippen molar-refractivity contribution < 1.29 is 9.50 Å². The van der Waals surface area contributed by atoms with Gasteiger partial charge in [0.25, 0.3) is 0 Å². The van der Waals surface area contributed by atoms with Crippen molar-refractivity contribution >= 4 is 23.0 Å². The first-order chi connectivity index (χ1) is 16.0. The lowest BCUT2D eigenvalue weighted by molar-refractivity contribution is 0.472. The Morgan fingerprint density at radius 2 is 1.67 bits per heavy atom. The molecular formula is C26H23FN4OS. The highest BCUT2D eigenvalue weighted by Gasteiger charge is 2.43. The van der Waals surface area contributed by atoms with Gasteiger partial charge in [-0.2, -0.15) is 0 Å². The lowest BCUT2D eigenvalue weighted by atomic mass is 9.96. The van der Waals surface area contributed by atoms with Gasteiger partial charge in [-0.3, -0.25) is 4.98 Å². The molecule has 2 atom stereocenters. The van der Waals surface area contributed by atoms with E-state index in [0.29, 0.717) is 16.5 Å². The first-order valence-corrected chi connectivity index (χ1v) is 11.1. The van der Waals surface area contributed by atoms with Gasteiger partial charge in [0.15, 0.2) is 5.11 Å². The number of pyridine rings is 1. The van der Waals surface area contributed by atoms with Crippen LogP contribution in [0.5, 0.6) is 5.75 Å². The Balaban J connectivity index is 1.71. The highest BCUT2D eigenvalue weighted by atomic mass is 32.1. The molecule has 2 unspecified atom stereocenters. The zero-order valence-electron chi connectivity index (χ0n) is 18.2. The molecule has 33 heavy (non-hydrogen) atoms. The summed E-state index contributed by atoms with van der Waals surface area (Å²) in [5.41, 5.74) is 4.71. The number of halogens is 1. The van der Waals surface area contributed by atoms with E-state index in [1.165, 1.54) is 6.07 Å². The van der Waals surface area contributed by atoms with Gasteiger partial charge < -0.3 is 19.9 Å². The Hall–Kier alpha value is -3.71. The molecule has 2 aromatic carbocycles. The number of benzene rings is 2. The molecule has 0 amide bonds. The lowest BCUT2D eigenvalue weighted by Gasteiger charge is -2.28. The molecule has 0 radical (unpaired) electrons. The first-order valence-electron chi connectivity index (χ1n) is 10.7. The van der Waals surface area contributed by atoms with Gasteiger partial charge in [-0.25, -0.2) is 4.39 Å². The van der Waals surface area contributed by atoms with Crippen LogP contribution < -0.4 is 10.2 Å². The third-order valence-corrected chi connectivity index (χ3v) is 6.44. The van der Waals surface area contributed by atoms with Crippen molar-refractivity contribution in [1.82, 2.24) is 14.9 Å². The van der Waals surface area contributed by atoms with E-state index < -0.39 is 0 Å². The van der Waals surface area contributed by atoms with Gasteiger partial charge in [0.1, 0.15) is 11.6 Å². The number of phenols is 1. The van der Waals surface area contributed by atoms with Crippen LogP contribution in [0.3, 0.4) is 0 Å². The summed E-state index contributed by atoms with van der Waals surface area (Å²) in [6.07, 6.45) is 1.75. The Labute approximate surface area is 197 Å². The smallest absolute Gasteiger partial charge is 0.174 e. The number of hydrogen-bond acceptors (Lipinski definition) is 3. The maximum atomic E-state index is 14.7. The fourth-order valence-electron chi connectivity index (χ4n) is 4.69. The average Bonchev–Trinajstić information content (AvgIpc) is 3.30. The van der Waals surface area contributed by atoms with Gasteiger partial charge >= 0.3 is 0 Å². The van der Waals surface area contributed by atoms with Crippen LogP contribution in [0.4, 0.5) is 10.1 Å². The monoisotopic (exact) mass is 458 g/mol. The Morgan fingerprint density at radius 3 is 2.36 bits per heavy atom. The van der Waals surface area contributed by atoms with Crippen molar-refractivity contribution in [3.63, 3.8) is 0 Å². The van der Waals surface area contributed by atoms with E-state index in [0.717, 1.165) is 22.6 Å². The van der Waals surface area contributed by atoms with Crippen LogP contribution in [-0.4, -0.2) is 19.8 Å². The number of anilines is 1. The molecule has 1 saturated heterocycles. The van der Waals surface area contributed by atoms with Crippen molar-refractivity contribution in [2.75, 3.05) is 4.90 Å². The number of phenolic OH excluding ortho intramolecular Hbond substituents is 1. The van der Waals surface area contributed by atoms with Gasteiger partial charge in [-0.1, -0.05) is 30.3 Å². The summed E-state index contributed by atoms with van der Waals surface area (Å²) < 4.78 is 16.6. The second kappa shape index (κ2) is 8.33. The molecule has 3 heterocycles. The summed E-state index contributed by atoms with van der Waals surface area (Å²) >= 11 is 5.74. The van der Waals surface area contributed by atoms with Crippen molar-refractivity contribution in [3.05, 3.63) is 107 Å². The molecule has 4 aromatic rings. The first kappa shape index (κ1) is 21.2. The van der Waals surface area contributed by atoms with Gasteiger partial charge in [-0.05, 0) is 74.1 Å². The molecule has 0 bridgehead atoms. The number of hydrogen-bond donors (Lipinski definition) is 2.